The van der Waals surface area contributed by atoms with Crippen LogP contribution in [0.1, 0.15) is 0 Å². The Balaban J connectivity index is 2.21. The number of aromatic nitrogens is 2. The van der Waals surface area contributed by atoms with Crippen LogP contribution in [-0.4, -0.2) is 22.4 Å². The van der Waals surface area contributed by atoms with Crippen LogP contribution in [-0.2, 0) is 0 Å². The Kier molecular flexibility index (Phi) is 4.92. The molecule has 0 unspecified atom stereocenters. The van der Waals surface area contributed by atoms with Crippen molar-refractivity contribution < 1.29 is 4.74 Å². The van der Waals surface area contributed by atoms with Crippen LogP contribution in [0.2, 0.25) is 0 Å². The van der Waals surface area contributed by atoms with Crippen LogP contribution in [0, 0.1) is 0 Å². The van der Waals surface area contributed by atoms with E-state index in [1.807, 2.05) is 42.5 Å². The Hall–Kier alpha value is -2.24. The first-order chi connectivity index (χ1) is 11.6. The molecule has 0 bridgehead atoms. The van der Waals surface area contributed by atoms with Crippen molar-refractivity contribution in [2.45, 2.75) is 5.16 Å². The van der Waals surface area contributed by atoms with Gasteiger partial charge in [-0.15, -0.1) is 0 Å². The lowest BCUT2D eigenvalue weighted by molar-refractivity contribution is 0.414. The van der Waals surface area contributed by atoms with Crippen molar-refractivity contribution in [3.8, 4) is 11.4 Å². The lowest BCUT2D eigenvalue weighted by Crippen LogP contribution is -2.21. The van der Waals surface area contributed by atoms with E-state index in [1.54, 1.807) is 17.7 Å². The Labute approximate surface area is 148 Å². The lowest BCUT2D eigenvalue weighted by Gasteiger charge is -2.13. The van der Waals surface area contributed by atoms with E-state index in [9.17, 15) is 4.79 Å². The molecule has 0 fully saturated rings. The summed E-state index contributed by atoms with van der Waals surface area (Å²) < 4.78 is 6.77. The molecule has 0 N–H and O–H groups in total. The number of methoxy groups -OCH3 is 1. The van der Waals surface area contributed by atoms with Gasteiger partial charge in [0.15, 0.2) is 5.16 Å². The zero-order valence-corrected chi connectivity index (χ0v) is 14.6. The normalized spacial score (nSPS) is 10.8. The molecule has 3 rings (SSSR count). The monoisotopic (exact) mass is 358 g/mol. The molecular formula is C18H15ClN2O2S. The van der Waals surface area contributed by atoms with E-state index in [4.69, 9.17) is 16.3 Å². The average molecular weight is 359 g/mol. The number of hydrogen-bond donors (Lipinski definition) is 0. The van der Waals surface area contributed by atoms with E-state index in [-0.39, 0.29) is 5.56 Å². The molecule has 4 nitrogen and oxygen atoms in total. The van der Waals surface area contributed by atoms with E-state index < -0.39 is 0 Å². The molecule has 0 saturated carbocycles. The van der Waals surface area contributed by atoms with Crippen LogP contribution >= 0.6 is 23.4 Å². The van der Waals surface area contributed by atoms with E-state index in [1.165, 1.54) is 11.8 Å². The van der Waals surface area contributed by atoms with Crippen molar-refractivity contribution in [1.29, 1.82) is 0 Å². The number of para-hydroxylation sites is 1. The molecule has 0 amide bonds. The molecule has 0 aliphatic carbocycles. The predicted octanol–water partition coefficient (Wildman–Crippen LogP) is 4.24. The molecule has 1 aromatic heterocycles. The van der Waals surface area contributed by atoms with Gasteiger partial charge in [-0.25, -0.2) is 4.98 Å². The third-order valence-corrected chi connectivity index (χ3v) is 4.75. The van der Waals surface area contributed by atoms with Crippen LogP contribution in [0.5, 0.6) is 5.75 Å². The smallest absolute Gasteiger partial charge is 0.266 e. The maximum Gasteiger partial charge on any atom is 0.266 e. The summed E-state index contributed by atoms with van der Waals surface area (Å²) in [6.45, 7) is 3.69. The van der Waals surface area contributed by atoms with Crippen molar-refractivity contribution in [2.24, 2.45) is 0 Å². The molecule has 0 radical (unpaired) electrons. The Morgan fingerprint density at radius 1 is 1.25 bits per heavy atom. The molecule has 0 aliphatic rings. The minimum atomic E-state index is -0.117. The number of rotatable bonds is 5. The Morgan fingerprint density at radius 3 is 2.62 bits per heavy atom. The molecule has 2 aromatic carbocycles. The maximum atomic E-state index is 13.0. The van der Waals surface area contributed by atoms with Crippen molar-refractivity contribution in [2.75, 3.05) is 12.9 Å². The molecule has 6 heteroatoms. The summed E-state index contributed by atoms with van der Waals surface area (Å²) in [4.78, 5) is 17.6. The zero-order valence-electron chi connectivity index (χ0n) is 13.0. The number of thioether (sulfide) groups is 1. The Morgan fingerprint density at radius 2 is 1.96 bits per heavy atom. The van der Waals surface area contributed by atoms with Gasteiger partial charge in [0.2, 0.25) is 0 Å². The minimum Gasteiger partial charge on any atom is -0.497 e. The fourth-order valence-corrected chi connectivity index (χ4v) is 3.24. The maximum absolute atomic E-state index is 13.0. The molecular weight excluding hydrogens is 344 g/mol. The Bertz CT molecular complexity index is 951. The van der Waals surface area contributed by atoms with E-state index in [2.05, 4.69) is 11.6 Å². The second-order valence-corrected chi connectivity index (χ2v) is 6.53. The highest BCUT2D eigenvalue weighted by atomic mass is 35.5. The predicted molar refractivity (Wildman–Crippen MR) is 99.6 cm³/mol. The third-order valence-electron chi connectivity index (χ3n) is 3.43. The van der Waals surface area contributed by atoms with Crippen LogP contribution in [0.25, 0.3) is 16.6 Å². The highest BCUT2D eigenvalue weighted by Gasteiger charge is 2.13. The van der Waals surface area contributed by atoms with Gasteiger partial charge in [-0.2, -0.15) is 0 Å². The third kappa shape index (κ3) is 3.32. The fraction of sp³-hybridized carbons (Fsp3) is 0.111. The van der Waals surface area contributed by atoms with Gasteiger partial charge in [-0.1, -0.05) is 42.1 Å². The lowest BCUT2D eigenvalue weighted by atomic mass is 10.2. The topological polar surface area (TPSA) is 44.1 Å². The molecule has 24 heavy (non-hydrogen) atoms. The quantitative estimate of drug-likeness (QED) is 0.505. The number of fused-ring (bicyclic) bond motifs is 1. The molecule has 0 aliphatic heterocycles. The van der Waals surface area contributed by atoms with Gasteiger partial charge in [0.25, 0.3) is 5.56 Å². The summed E-state index contributed by atoms with van der Waals surface area (Å²) in [6, 6.07) is 14.6. The van der Waals surface area contributed by atoms with Gasteiger partial charge < -0.3 is 4.74 Å². The molecule has 0 saturated heterocycles. The fourth-order valence-electron chi connectivity index (χ4n) is 2.31. The number of ether oxygens (including phenoxy) is 1. The van der Waals surface area contributed by atoms with E-state index in [0.717, 1.165) is 11.4 Å². The minimum absolute atomic E-state index is 0.117. The number of benzene rings is 2. The van der Waals surface area contributed by atoms with Gasteiger partial charge >= 0.3 is 0 Å². The summed E-state index contributed by atoms with van der Waals surface area (Å²) >= 11 is 7.25. The van der Waals surface area contributed by atoms with Crippen LogP contribution < -0.4 is 10.3 Å². The highest BCUT2D eigenvalue weighted by Crippen LogP contribution is 2.24. The van der Waals surface area contributed by atoms with Gasteiger partial charge in [0, 0.05) is 10.8 Å². The largest absolute Gasteiger partial charge is 0.497 e. The summed E-state index contributed by atoms with van der Waals surface area (Å²) in [5, 5.41) is 1.65. The summed E-state index contributed by atoms with van der Waals surface area (Å²) in [5.74, 6) is 1.20. The average Bonchev–Trinajstić information content (AvgIpc) is 2.60. The van der Waals surface area contributed by atoms with E-state index >= 15 is 0 Å². The molecule has 122 valence electrons. The van der Waals surface area contributed by atoms with Crippen LogP contribution in [0.15, 0.2) is 70.1 Å². The number of halogens is 1. The molecule has 3 aromatic rings. The highest BCUT2D eigenvalue weighted by molar-refractivity contribution is 7.99. The van der Waals surface area contributed by atoms with Gasteiger partial charge in [0.05, 0.1) is 23.7 Å². The number of nitrogens with zero attached hydrogens (tertiary/aromatic N) is 2. The van der Waals surface area contributed by atoms with Crippen LogP contribution in [0.4, 0.5) is 0 Å². The second-order valence-electron chi connectivity index (χ2n) is 5.06. The molecule has 0 atom stereocenters. The van der Waals surface area contributed by atoms with Crippen LogP contribution in [0.3, 0.4) is 0 Å². The molecule has 1 heterocycles. The summed E-state index contributed by atoms with van der Waals surface area (Å²) in [5.41, 5.74) is 1.27. The second kappa shape index (κ2) is 7.11. The molecule has 0 spiro atoms. The first-order valence-electron chi connectivity index (χ1n) is 7.22. The number of hydrogen-bond acceptors (Lipinski definition) is 4. The van der Waals surface area contributed by atoms with E-state index in [0.29, 0.717) is 26.8 Å². The van der Waals surface area contributed by atoms with Crippen molar-refractivity contribution >= 4 is 34.3 Å². The zero-order chi connectivity index (χ0) is 17.1. The van der Waals surface area contributed by atoms with Gasteiger partial charge in [0.1, 0.15) is 5.75 Å². The SMILES string of the molecule is C=C(Cl)CSc1nc2ccccc2c(=O)n1-c1ccc(OC)cc1. The summed E-state index contributed by atoms with van der Waals surface area (Å²) in [6.07, 6.45) is 0. The first kappa shape index (κ1) is 16.6. The first-order valence-corrected chi connectivity index (χ1v) is 8.59. The van der Waals surface area contributed by atoms with Crippen molar-refractivity contribution in [3.63, 3.8) is 0 Å². The summed E-state index contributed by atoms with van der Waals surface area (Å²) in [7, 11) is 1.60. The van der Waals surface area contributed by atoms with Gasteiger partial charge in [-0.05, 0) is 36.4 Å². The van der Waals surface area contributed by atoms with Gasteiger partial charge in [-0.3, -0.25) is 9.36 Å². The standard InChI is InChI=1S/C18H15ClN2O2S/c1-12(19)11-24-18-20-16-6-4-3-5-15(16)17(22)21(18)13-7-9-14(23-2)10-8-13/h3-10H,1,11H2,2H3. The van der Waals surface area contributed by atoms with Crippen molar-refractivity contribution in [1.82, 2.24) is 9.55 Å². The van der Waals surface area contributed by atoms with Crippen molar-refractivity contribution in [3.05, 3.63) is 70.5 Å².